The molecule has 0 saturated carbocycles. The van der Waals surface area contributed by atoms with Crippen LogP contribution < -0.4 is 5.32 Å². The Hall–Kier alpha value is -0.450. The van der Waals surface area contributed by atoms with Gasteiger partial charge in [0.2, 0.25) is 0 Å². The molecule has 0 spiro atoms. The van der Waals surface area contributed by atoms with Crippen molar-refractivity contribution >= 4 is 69.3 Å². The van der Waals surface area contributed by atoms with E-state index >= 15 is 0 Å². The molecule has 94 valence electrons. The van der Waals surface area contributed by atoms with Crippen LogP contribution in [0.25, 0.3) is 0 Å². The molecule has 2 aromatic rings. The fraction of sp³-hybridized carbons (Fsp3) is 0. The second kappa shape index (κ2) is 5.68. The molecule has 0 bridgehead atoms. The quantitative estimate of drug-likeness (QED) is 0.755. The van der Waals surface area contributed by atoms with Gasteiger partial charge in [0, 0.05) is 15.7 Å². The van der Waals surface area contributed by atoms with Crippen LogP contribution in [0.4, 0.5) is 5.69 Å². The number of carbonyl (C=O) groups is 1. The molecule has 1 aromatic heterocycles. The lowest BCUT2D eigenvalue weighted by molar-refractivity contribution is 0.102. The largest absolute Gasteiger partial charge is 0.322 e. The summed E-state index contributed by atoms with van der Waals surface area (Å²) >= 11 is 24.5. The molecule has 2 nitrogen and oxygen atoms in total. The zero-order valence-electron chi connectivity index (χ0n) is 8.64. The third-order valence-electron chi connectivity index (χ3n) is 2.02. The van der Waals surface area contributed by atoms with Gasteiger partial charge in [-0.1, -0.05) is 46.4 Å². The first-order valence-corrected chi connectivity index (χ1v) is 7.01. The average molecular weight is 341 g/mol. The van der Waals surface area contributed by atoms with Gasteiger partial charge in [-0.3, -0.25) is 4.79 Å². The van der Waals surface area contributed by atoms with Crippen LogP contribution in [-0.2, 0) is 0 Å². The fourth-order valence-electron chi connectivity index (χ4n) is 1.32. The zero-order chi connectivity index (χ0) is 13.3. The Labute approximate surface area is 127 Å². The highest BCUT2D eigenvalue weighted by atomic mass is 35.5. The topological polar surface area (TPSA) is 29.1 Å². The maximum Gasteiger partial charge on any atom is 0.258 e. The first kappa shape index (κ1) is 14.0. The van der Waals surface area contributed by atoms with Crippen molar-refractivity contribution < 1.29 is 4.79 Å². The Morgan fingerprint density at radius 2 is 1.61 bits per heavy atom. The Morgan fingerprint density at radius 1 is 1.00 bits per heavy atom. The van der Waals surface area contributed by atoms with Gasteiger partial charge in [0.1, 0.15) is 4.34 Å². The van der Waals surface area contributed by atoms with Crippen molar-refractivity contribution in [1.29, 1.82) is 0 Å². The fourth-order valence-corrected chi connectivity index (χ4v) is 3.30. The minimum Gasteiger partial charge on any atom is -0.322 e. The minimum atomic E-state index is -0.360. The number of hydrogen-bond donors (Lipinski definition) is 1. The first-order chi connectivity index (χ1) is 8.45. The standard InChI is InChI=1S/C11H5Cl4NOS/c12-5-1-6(13)3-7(2-5)16-11(17)8-4-9(14)18-10(8)15/h1-4H,(H,16,17). The second-order valence-corrected chi connectivity index (χ2v) is 6.51. The molecular weight excluding hydrogens is 336 g/mol. The van der Waals surface area contributed by atoms with E-state index in [9.17, 15) is 4.79 Å². The first-order valence-electron chi connectivity index (χ1n) is 4.68. The highest BCUT2D eigenvalue weighted by Crippen LogP contribution is 2.32. The number of hydrogen-bond acceptors (Lipinski definition) is 2. The smallest absolute Gasteiger partial charge is 0.258 e. The van der Waals surface area contributed by atoms with E-state index in [-0.39, 0.29) is 5.91 Å². The molecule has 2 rings (SSSR count). The number of thiophene rings is 1. The summed E-state index contributed by atoms with van der Waals surface area (Å²) in [6.07, 6.45) is 0. The Balaban J connectivity index is 2.23. The summed E-state index contributed by atoms with van der Waals surface area (Å²) in [4.78, 5) is 11.9. The molecule has 0 saturated heterocycles. The van der Waals surface area contributed by atoms with Crippen LogP contribution in [0.1, 0.15) is 10.4 Å². The molecular formula is C11H5Cl4NOS. The van der Waals surface area contributed by atoms with Crippen LogP contribution in [-0.4, -0.2) is 5.91 Å². The Bertz CT molecular complexity index is 591. The van der Waals surface area contributed by atoms with Crippen LogP contribution >= 0.6 is 57.7 Å². The predicted molar refractivity (Wildman–Crippen MR) is 78.8 cm³/mol. The van der Waals surface area contributed by atoms with Crippen LogP contribution in [0.15, 0.2) is 24.3 Å². The molecule has 7 heteroatoms. The minimum absolute atomic E-state index is 0.322. The lowest BCUT2D eigenvalue weighted by Gasteiger charge is -2.05. The summed E-state index contributed by atoms with van der Waals surface area (Å²) in [5, 5.41) is 3.52. The van der Waals surface area contributed by atoms with Crippen molar-refractivity contribution in [2.45, 2.75) is 0 Å². The summed E-state index contributed by atoms with van der Waals surface area (Å²) in [6, 6.07) is 6.27. The normalized spacial score (nSPS) is 10.4. The third-order valence-corrected chi connectivity index (χ3v) is 3.95. The summed E-state index contributed by atoms with van der Waals surface area (Å²) < 4.78 is 0.792. The lowest BCUT2D eigenvalue weighted by Crippen LogP contribution is -2.11. The predicted octanol–water partition coefficient (Wildman–Crippen LogP) is 5.61. The van der Waals surface area contributed by atoms with E-state index in [1.165, 1.54) is 6.07 Å². The molecule has 0 fully saturated rings. The highest BCUT2D eigenvalue weighted by molar-refractivity contribution is 7.20. The number of nitrogens with one attached hydrogen (secondary N) is 1. The van der Waals surface area contributed by atoms with E-state index in [1.54, 1.807) is 18.2 Å². The van der Waals surface area contributed by atoms with Crippen molar-refractivity contribution in [2.24, 2.45) is 0 Å². The number of anilines is 1. The molecule has 1 aromatic carbocycles. The second-order valence-electron chi connectivity index (χ2n) is 3.35. The van der Waals surface area contributed by atoms with Crippen molar-refractivity contribution in [1.82, 2.24) is 0 Å². The van der Waals surface area contributed by atoms with Crippen molar-refractivity contribution in [3.05, 3.63) is 48.5 Å². The monoisotopic (exact) mass is 339 g/mol. The number of carbonyl (C=O) groups excluding carboxylic acids is 1. The van der Waals surface area contributed by atoms with Crippen LogP contribution in [0, 0.1) is 0 Å². The van der Waals surface area contributed by atoms with Gasteiger partial charge in [-0.05, 0) is 24.3 Å². The van der Waals surface area contributed by atoms with Gasteiger partial charge < -0.3 is 5.32 Å². The van der Waals surface area contributed by atoms with Crippen LogP contribution in [0.2, 0.25) is 18.7 Å². The number of halogens is 4. The molecule has 0 aliphatic rings. The average Bonchev–Trinajstić information content (AvgIpc) is 2.56. The zero-order valence-corrected chi connectivity index (χ0v) is 12.5. The van der Waals surface area contributed by atoms with Gasteiger partial charge in [-0.25, -0.2) is 0 Å². The van der Waals surface area contributed by atoms with E-state index in [2.05, 4.69) is 5.32 Å². The molecule has 1 heterocycles. The summed E-state index contributed by atoms with van der Waals surface area (Å²) in [6.45, 7) is 0. The van der Waals surface area contributed by atoms with E-state index in [4.69, 9.17) is 46.4 Å². The molecule has 1 amide bonds. The highest BCUT2D eigenvalue weighted by Gasteiger charge is 2.14. The Kier molecular flexibility index (Phi) is 4.41. The molecule has 18 heavy (non-hydrogen) atoms. The maximum atomic E-state index is 11.9. The van der Waals surface area contributed by atoms with Gasteiger partial charge in [0.05, 0.1) is 9.90 Å². The van der Waals surface area contributed by atoms with Gasteiger partial charge in [-0.15, -0.1) is 11.3 Å². The van der Waals surface area contributed by atoms with Crippen molar-refractivity contribution in [2.75, 3.05) is 5.32 Å². The van der Waals surface area contributed by atoms with Crippen LogP contribution in [0.5, 0.6) is 0 Å². The lowest BCUT2D eigenvalue weighted by atomic mass is 10.3. The summed E-state index contributed by atoms with van der Waals surface area (Å²) in [5.74, 6) is -0.360. The van der Waals surface area contributed by atoms with Crippen LogP contribution in [0.3, 0.4) is 0 Å². The van der Waals surface area contributed by atoms with E-state index < -0.39 is 0 Å². The molecule has 1 N–H and O–H groups in total. The molecule has 0 radical (unpaired) electrons. The number of amides is 1. The van der Waals surface area contributed by atoms with Gasteiger partial charge >= 0.3 is 0 Å². The van der Waals surface area contributed by atoms with Crippen molar-refractivity contribution in [3.8, 4) is 0 Å². The Morgan fingerprint density at radius 3 is 2.11 bits per heavy atom. The SMILES string of the molecule is O=C(Nc1cc(Cl)cc(Cl)c1)c1cc(Cl)sc1Cl. The summed E-state index contributed by atoms with van der Waals surface area (Å²) in [7, 11) is 0. The maximum absolute atomic E-state index is 11.9. The molecule has 0 aliphatic heterocycles. The van der Waals surface area contributed by atoms with E-state index in [0.29, 0.717) is 30.0 Å². The van der Waals surface area contributed by atoms with Crippen molar-refractivity contribution in [3.63, 3.8) is 0 Å². The van der Waals surface area contributed by atoms with Gasteiger partial charge in [0.25, 0.3) is 5.91 Å². The van der Waals surface area contributed by atoms with Gasteiger partial charge in [-0.2, -0.15) is 0 Å². The van der Waals surface area contributed by atoms with Gasteiger partial charge in [0.15, 0.2) is 0 Å². The van der Waals surface area contributed by atoms with E-state index in [0.717, 1.165) is 11.3 Å². The van der Waals surface area contributed by atoms with E-state index in [1.807, 2.05) is 0 Å². The number of rotatable bonds is 2. The molecule has 0 aliphatic carbocycles. The third kappa shape index (κ3) is 3.31. The summed E-state index contributed by atoms with van der Waals surface area (Å²) in [5.41, 5.74) is 0.818. The molecule has 0 atom stereocenters. The number of benzene rings is 1. The molecule has 0 unspecified atom stereocenters.